The Hall–Kier alpha value is -0.950. The normalized spacial score (nSPS) is 47.5. The largest absolute Gasteiger partial charge is 0.459 e. The van der Waals surface area contributed by atoms with E-state index in [1.165, 1.54) is 19.3 Å². The first kappa shape index (κ1) is 22.5. The van der Waals surface area contributed by atoms with E-state index in [1.807, 2.05) is 24.3 Å². The molecular weight excluding hydrogens is 527 g/mol. The molecule has 1 aliphatic heterocycles. The maximum absolute atomic E-state index is 12.7. The van der Waals surface area contributed by atoms with Crippen molar-refractivity contribution in [1.29, 1.82) is 0 Å². The third-order valence-electron chi connectivity index (χ3n) is 10.9. The Morgan fingerprint density at radius 1 is 1.06 bits per heavy atom. The van der Waals surface area contributed by atoms with Gasteiger partial charge in [-0.2, -0.15) is 0 Å². The van der Waals surface area contributed by atoms with Crippen LogP contribution in [0.5, 0.6) is 0 Å². The second-order valence-electron chi connectivity index (χ2n) is 12.1. The molecular formula is C28H35IO4. The van der Waals surface area contributed by atoms with E-state index >= 15 is 0 Å². The third kappa shape index (κ3) is 3.09. The van der Waals surface area contributed by atoms with Gasteiger partial charge in [0.05, 0.1) is 11.7 Å². The molecule has 0 bridgehead atoms. The van der Waals surface area contributed by atoms with Gasteiger partial charge in [-0.15, -0.1) is 0 Å². The van der Waals surface area contributed by atoms with Crippen molar-refractivity contribution in [3.63, 3.8) is 0 Å². The topological polar surface area (TPSA) is 55.9 Å². The first-order valence-corrected chi connectivity index (χ1v) is 13.9. The summed E-state index contributed by atoms with van der Waals surface area (Å²) in [6.07, 6.45) is 9.20. The van der Waals surface area contributed by atoms with E-state index in [2.05, 4.69) is 36.4 Å². The highest BCUT2D eigenvalue weighted by molar-refractivity contribution is 14.1. The molecule has 1 saturated heterocycles. The van der Waals surface area contributed by atoms with Crippen LogP contribution in [-0.2, 0) is 14.3 Å². The van der Waals surface area contributed by atoms with E-state index in [9.17, 15) is 9.59 Å². The molecule has 4 saturated carbocycles. The van der Waals surface area contributed by atoms with Gasteiger partial charge in [-0.1, -0.05) is 19.9 Å². The lowest BCUT2D eigenvalue weighted by atomic mass is 9.44. The maximum atomic E-state index is 12.7. The number of hydrogen-bond acceptors (Lipinski definition) is 4. The van der Waals surface area contributed by atoms with Gasteiger partial charge in [0.25, 0.3) is 0 Å². The summed E-state index contributed by atoms with van der Waals surface area (Å²) in [5.74, 6) is 2.76. The van der Waals surface area contributed by atoms with Crippen LogP contribution in [0.4, 0.5) is 0 Å². The highest BCUT2D eigenvalue weighted by Crippen LogP contribution is 2.73. The lowest BCUT2D eigenvalue weighted by Gasteiger charge is -2.61. The first-order valence-electron chi connectivity index (χ1n) is 12.8. The van der Waals surface area contributed by atoms with E-state index in [4.69, 9.17) is 9.47 Å². The minimum absolute atomic E-state index is 0.0216. The number of ketones is 1. The molecule has 4 aliphatic carbocycles. The summed E-state index contributed by atoms with van der Waals surface area (Å²) in [6.45, 7) is 6.64. The molecule has 2 unspecified atom stereocenters. The number of esters is 1. The standard InChI is InChI=1S/C28H35IO4/c1-16(30)28-24(33-28)15-23-21-8-7-18-14-20(32-25(31)17-5-4-6-19(29)13-17)9-11-26(18,2)22(21)10-12-27(23,28)3/h4-6,13,18,20-24H,7-12,14-15H2,1-3H3/t18-,20?,21+,22-,23-,24?,26-,27-,28+/m0/s1. The van der Waals surface area contributed by atoms with E-state index in [-0.39, 0.29) is 29.4 Å². The smallest absolute Gasteiger partial charge is 0.338 e. The Morgan fingerprint density at radius 2 is 1.88 bits per heavy atom. The average molecular weight is 562 g/mol. The predicted octanol–water partition coefficient (Wildman–Crippen LogP) is 6.20. The number of rotatable bonds is 3. The number of ether oxygens (including phenoxy) is 2. The Balaban J connectivity index is 1.17. The van der Waals surface area contributed by atoms with Crippen LogP contribution < -0.4 is 0 Å². The summed E-state index contributed by atoms with van der Waals surface area (Å²) < 4.78 is 13.2. The van der Waals surface area contributed by atoms with Gasteiger partial charge in [0.2, 0.25) is 0 Å². The predicted molar refractivity (Wildman–Crippen MR) is 134 cm³/mol. The van der Waals surface area contributed by atoms with Crippen LogP contribution in [-0.4, -0.2) is 29.6 Å². The maximum Gasteiger partial charge on any atom is 0.338 e. The van der Waals surface area contributed by atoms with Gasteiger partial charge in [-0.25, -0.2) is 4.79 Å². The number of halogens is 1. The quantitative estimate of drug-likeness (QED) is 0.250. The van der Waals surface area contributed by atoms with Crippen LogP contribution in [0.3, 0.4) is 0 Å². The molecule has 4 nitrogen and oxygen atoms in total. The van der Waals surface area contributed by atoms with Crippen molar-refractivity contribution in [2.24, 2.45) is 34.5 Å². The minimum Gasteiger partial charge on any atom is -0.459 e. The molecule has 1 aromatic carbocycles. The van der Waals surface area contributed by atoms with Crippen molar-refractivity contribution in [2.75, 3.05) is 0 Å². The number of hydrogen-bond donors (Lipinski definition) is 0. The van der Waals surface area contributed by atoms with E-state index < -0.39 is 5.60 Å². The highest BCUT2D eigenvalue weighted by Gasteiger charge is 2.79. The Labute approximate surface area is 210 Å². The number of carbonyl (C=O) groups excluding carboxylic acids is 2. The van der Waals surface area contributed by atoms with Gasteiger partial charge in [-0.3, -0.25) is 4.79 Å². The second-order valence-corrected chi connectivity index (χ2v) is 13.3. The lowest BCUT2D eigenvalue weighted by molar-refractivity contribution is -0.151. The van der Waals surface area contributed by atoms with Crippen molar-refractivity contribution >= 4 is 34.3 Å². The van der Waals surface area contributed by atoms with Gasteiger partial charge in [0, 0.05) is 8.99 Å². The van der Waals surface area contributed by atoms with Crippen LogP contribution in [0.1, 0.15) is 82.5 Å². The molecule has 0 aromatic heterocycles. The molecule has 178 valence electrons. The molecule has 6 rings (SSSR count). The van der Waals surface area contributed by atoms with Gasteiger partial charge in [0.1, 0.15) is 6.10 Å². The molecule has 33 heavy (non-hydrogen) atoms. The van der Waals surface area contributed by atoms with Crippen molar-refractivity contribution in [3.8, 4) is 0 Å². The summed E-state index contributed by atoms with van der Waals surface area (Å²) in [4.78, 5) is 25.3. The zero-order chi connectivity index (χ0) is 23.2. The van der Waals surface area contributed by atoms with Gasteiger partial charge >= 0.3 is 5.97 Å². The Bertz CT molecular complexity index is 1010. The summed E-state index contributed by atoms with van der Waals surface area (Å²) >= 11 is 2.24. The molecule has 5 fully saturated rings. The summed E-state index contributed by atoms with van der Waals surface area (Å²) in [7, 11) is 0. The SMILES string of the molecule is CC(=O)[C@@]12OC1C[C@H]1[C@@H]3CC[C@H]4CC(OC(=O)c5cccc(I)c5)CC[C@]4(C)[C@H]3CC[C@@]12C. The van der Waals surface area contributed by atoms with Crippen LogP contribution in [0.25, 0.3) is 0 Å². The highest BCUT2D eigenvalue weighted by atomic mass is 127. The van der Waals surface area contributed by atoms with Gasteiger partial charge in [0.15, 0.2) is 11.4 Å². The molecule has 0 spiro atoms. The Morgan fingerprint density at radius 3 is 2.64 bits per heavy atom. The summed E-state index contributed by atoms with van der Waals surface area (Å²) in [6, 6.07) is 7.67. The fourth-order valence-corrected chi connectivity index (χ4v) is 9.77. The molecule has 0 amide bonds. The van der Waals surface area contributed by atoms with E-state index in [1.54, 1.807) is 6.92 Å². The summed E-state index contributed by atoms with van der Waals surface area (Å²) in [5, 5.41) is 0. The number of epoxide rings is 1. The molecule has 9 atom stereocenters. The zero-order valence-corrected chi connectivity index (χ0v) is 22.1. The van der Waals surface area contributed by atoms with Crippen LogP contribution in [0, 0.1) is 38.1 Å². The van der Waals surface area contributed by atoms with Crippen molar-refractivity contribution in [1.82, 2.24) is 0 Å². The van der Waals surface area contributed by atoms with Gasteiger partial charge in [-0.05, 0) is 128 Å². The third-order valence-corrected chi connectivity index (χ3v) is 11.6. The molecule has 5 aliphatic rings. The van der Waals surface area contributed by atoms with Gasteiger partial charge < -0.3 is 9.47 Å². The average Bonchev–Trinajstić information content (AvgIpc) is 3.46. The van der Waals surface area contributed by atoms with Crippen molar-refractivity contribution < 1.29 is 19.1 Å². The molecule has 1 heterocycles. The fraction of sp³-hybridized carbons (Fsp3) is 0.714. The fourth-order valence-electron chi connectivity index (χ4n) is 9.23. The molecule has 5 heteroatoms. The van der Waals surface area contributed by atoms with Crippen molar-refractivity contribution in [2.45, 2.75) is 89.9 Å². The molecule has 0 radical (unpaired) electrons. The first-order chi connectivity index (χ1) is 15.7. The Kier molecular flexibility index (Phi) is 5.13. The van der Waals surface area contributed by atoms with E-state index in [0.717, 1.165) is 41.6 Å². The minimum atomic E-state index is -0.471. The van der Waals surface area contributed by atoms with Crippen LogP contribution >= 0.6 is 22.6 Å². The molecule has 1 aromatic rings. The number of Topliss-reactive ketones (excluding diaryl/α,β-unsaturated/α-hetero) is 1. The number of fused-ring (bicyclic) bond motifs is 7. The van der Waals surface area contributed by atoms with Crippen LogP contribution in [0.2, 0.25) is 0 Å². The lowest BCUT2D eigenvalue weighted by Crippen LogP contribution is -2.56. The van der Waals surface area contributed by atoms with E-state index in [0.29, 0.717) is 28.7 Å². The second kappa shape index (κ2) is 7.52. The number of carbonyl (C=O) groups is 2. The zero-order valence-electron chi connectivity index (χ0n) is 19.9. The van der Waals surface area contributed by atoms with Crippen LogP contribution in [0.15, 0.2) is 24.3 Å². The van der Waals surface area contributed by atoms with Crippen molar-refractivity contribution in [3.05, 3.63) is 33.4 Å². The summed E-state index contributed by atoms with van der Waals surface area (Å²) in [5.41, 5.74) is 0.536. The number of benzene rings is 1. The monoisotopic (exact) mass is 562 g/mol. The molecule has 0 N–H and O–H groups in total.